The van der Waals surface area contributed by atoms with Crippen molar-refractivity contribution >= 4 is 27.5 Å². The largest absolute Gasteiger partial charge is 0.459 e. The van der Waals surface area contributed by atoms with E-state index in [2.05, 4.69) is 4.98 Å². The molecule has 6 heteroatoms. The summed E-state index contributed by atoms with van der Waals surface area (Å²) < 4.78 is 6.62. The molecule has 0 aliphatic heterocycles. The van der Waals surface area contributed by atoms with Crippen molar-refractivity contribution in [3.63, 3.8) is 0 Å². The molecule has 0 unspecified atom stereocenters. The summed E-state index contributed by atoms with van der Waals surface area (Å²) in [6, 6.07) is 9.76. The molecule has 0 saturated carbocycles. The van der Waals surface area contributed by atoms with Crippen LogP contribution in [0.3, 0.4) is 0 Å². The lowest BCUT2D eigenvalue weighted by Gasteiger charge is -2.19. The predicted molar refractivity (Wildman–Crippen MR) is 99.9 cm³/mol. The number of esters is 1. The molecule has 2 aromatic heterocycles. The lowest BCUT2D eigenvalue weighted by atomic mass is 10.0. The molecule has 0 radical (unpaired) electrons. The average molecular weight is 356 g/mol. The molecule has 0 aliphatic rings. The Morgan fingerprint density at radius 2 is 1.92 bits per heavy atom. The molecule has 0 saturated heterocycles. The molecule has 0 amide bonds. The fraction of sp³-hybridized carbons (Fsp3) is 0.316. The molecule has 0 atom stereocenters. The number of ether oxygens (including phenoxy) is 1. The van der Waals surface area contributed by atoms with E-state index in [1.54, 1.807) is 20.8 Å². The highest BCUT2D eigenvalue weighted by Crippen LogP contribution is 2.35. The minimum absolute atomic E-state index is 0.151. The van der Waals surface area contributed by atoms with Crippen LogP contribution in [0.4, 0.5) is 0 Å². The molecule has 0 N–H and O–H groups in total. The fourth-order valence-corrected chi connectivity index (χ4v) is 3.72. The van der Waals surface area contributed by atoms with Gasteiger partial charge >= 0.3 is 5.97 Å². The van der Waals surface area contributed by atoms with E-state index in [0.717, 1.165) is 16.0 Å². The smallest absolute Gasteiger partial charge is 0.326 e. The molecule has 0 bridgehead atoms. The van der Waals surface area contributed by atoms with E-state index >= 15 is 0 Å². The highest BCUT2D eigenvalue weighted by molar-refractivity contribution is 7.19. The number of hydrogen-bond acceptors (Lipinski definition) is 5. The van der Waals surface area contributed by atoms with E-state index < -0.39 is 11.6 Å². The van der Waals surface area contributed by atoms with Crippen LogP contribution in [0.1, 0.15) is 25.6 Å². The monoisotopic (exact) mass is 356 g/mol. The van der Waals surface area contributed by atoms with Crippen molar-refractivity contribution in [3.8, 4) is 11.1 Å². The first-order valence-electron chi connectivity index (χ1n) is 8.02. The Balaban J connectivity index is 2.08. The highest BCUT2D eigenvalue weighted by atomic mass is 32.1. The normalized spacial score (nSPS) is 11.7. The quantitative estimate of drug-likeness (QED) is 0.670. The van der Waals surface area contributed by atoms with Crippen LogP contribution in [0.5, 0.6) is 0 Å². The summed E-state index contributed by atoms with van der Waals surface area (Å²) in [5, 5.41) is 0.555. The molecule has 0 spiro atoms. The zero-order chi connectivity index (χ0) is 18.2. The zero-order valence-electron chi connectivity index (χ0n) is 14.7. The number of carbonyl (C=O) groups excluding carboxylic acids is 1. The number of carbonyl (C=O) groups is 1. The minimum Gasteiger partial charge on any atom is -0.459 e. The van der Waals surface area contributed by atoms with E-state index in [4.69, 9.17) is 4.74 Å². The van der Waals surface area contributed by atoms with E-state index in [1.165, 1.54) is 22.2 Å². The molecule has 1 aromatic carbocycles. The Labute approximate surface area is 149 Å². The topological polar surface area (TPSA) is 61.2 Å². The second kappa shape index (κ2) is 6.44. The Morgan fingerprint density at radius 1 is 1.24 bits per heavy atom. The van der Waals surface area contributed by atoms with Gasteiger partial charge in [-0.15, -0.1) is 11.3 Å². The minimum atomic E-state index is -0.591. The number of benzene rings is 1. The summed E-state index contributed by atoms with van der Waals surface area (Å²) in [4.78, 5) is 31.1. The van der Waals surface area contributed by atoms with Crippen molar-refractivity contribution in [1.82, 2.24) is 9.55 Å². The highest BCUT2D eigenvalue weighted by Gasteiger charge is 2.20. The van der Waals surface area contributed by atoms with Gasteiger partial charge in [0.25, 0.3) is 5.56 Å². The maximum Gasteiger partial charge on any atom is 0.326 e. The van der Waals surface area contributed by atoms with Crippen molar-refractivity contribution in [2.45, 2.75) is 39.8 Å². The molecule has 3 aromatic rings. The van der Waals surface area contributed by atoms with Gasteiger partial charge in [-0.3, -0.25) is 14.2 Å². The summed E-state index contributed by atoms with van der Waals surface area (Å²) >= 11 is 1.48. The molecular formula is C19H20N2O3S. The Hall–Kier alpha value is -2.47. The SMILES string of the molecule is Cc1sc2ncn(CC(=O)OC(C)(C)C)c(=O)c2c1-c1ccccc1. The first-order valence-corrected chi connectivity index (χ1v) is 8.84. The number of hydrogen-bond donors (Lipinski definition) is 0. The molecule has 5 nitrogen and oxygen atoms in total. The van der Waals surface area contributed by atoms with Crippen LogP contribution in [0.15, 0.2) is 41.5 Å². The summed E-state index contributed by atoms with van der Waals surface area (Å²) in [6.45, 7) is 7.22. The fourth-order valence-electron chi connectivity index (χ4n) is 2.72. The molecule has 0 fully saturated rings. The third-order valence-electron chi connectivity index (χ3n) is 3.64. The van der Waals surface area contributed by atoms with Gasteiger partial charge in [0.2, 0.25) is 0 Å². The van der Waals surface area contributed by atoms with Crippen molar-refractivity contribution < 1.29 is 9.53 Å². The van der Waals surface area contributed by atoms with Crippen LogP contribution in [-0.4, -0.2) is 21.1 Å². The molecule has 130 valence electrons. The average Bonchev–Trinajstić information content (AvgIpc) is 2.86. The van der Waals surface area contributed by atoms with Crippen LogP contribution in [-0.2, 0) is 16.1 Å². The summed E-state index contributed by atoms with van der Waals surface area (Å²) in [6.07, 6.45) is 1.42. The number of thiophene rings is 1. The van der Waals surface area contributed by atoms with Gasteiger partial charge in [0.05, 0.1) is 11.7 Å². The van der Waals surface area contributed by atoms with Gasteiger partial charge in [0.1, 0.15) is 17.0 Å². The number of rotatable bonds is 3. The Morgan fingerprint density at radius 3 is 2.56 bits per heavy atom. The van der Waals surface area contributed by atoms with Crippen molar-refractivity contribution in [3.05, 3.63) is 51.9 Å². The molecule has 0 aliphatic carbocycles. The Bertz CT molecular complexity index is 982. The molecule has 3 rings (SSSR count). The van der Waals surface area contributed by atoms with Gasteiger partial charge in [-0.05, 0) is 33.3 Å². The van der Waals surface area contributed by atoms with E-state index in [-0.39, 0.29) is 12.1 Å². The van der Waals surface area contributed by atoms with Crippen LogP contribution in [0.25, 0.3) is 21.3 Å². The maximum absolute atomic E-state index is 13.0. The van der Waals surface area contributed by atoms with Crippen LogP contribution in [0.2, 0.25) is 0 Å². The zero-order valence-corrected chi connectivity index (χ0v) is 15.5. The van der Waals surface area contributed by atoms with Gasteiger partial charge in [0, 0.05) is 10.4 Å². The van der Waals surface area contributed by atoms with Gasteiger partial charge in [-0.1, -0.05) is 30.3 Å². The third kappa shape index (κ3) is 3.64. The first kappa shape index (κ1) is 17.4. The number of nitrogens with zero attached hydrogens (tertiary/aromatic N) is 2. The van der Waals surface area contributed by atoms with Gasteiger partial charge < -0.3 is 4.74 Å². The summed E-state index contributed by atoms with van der Waals surface area (Å²) in [5.41, 5.74) is 1.04. The number of aromatic nitrogens is 2. The summed E-state index contributed by atoms with van der Waals surface area (Å²) in [5.74, 6) is -0.455. The Kier molecular flexibility index (Phi) is 4.47. The standard InChI is InChI=1S/C19H20N2O3S/c1-12-15(13-8-6-5-7-9-13)16-17(25-12)20-11-21(18(16)23)10-14(22)24-19(2,3)4/h5-9,11H,10H2,1-4H3. The maximum atomic E-state index is 13.0. The van der Waals surface area contributed by atoms with Gasteiger partial charge in [-0.25, -0.2) is 4.98 Å². The van der Waals surface area contributed by atoms with E-state index in [1.807, 2.05) is 37.3 Å². The summed E-state index contributed by atoms with van der Waals surface area (Å²) in [7, 11) is 0. The number of fused-ring (bicyclic) bond motifs is 1. The van der Waals surface area contributed by atoms with Gasteiger partial charge in [0.15, 0.2) is 0 Å². The number of aryl methyl sites for hydroxylation is 1. The van der Waals surface area contributed by atoms with Crippen molar-refractivity contribution in [2.24, 2.45) is 0 Å². The lowest BCUT2D eigenvalue weighted by molar-refractivity contribution is -0.155. The second-order valence-corrected chi connectivity index (χ2v) is 8.05. The van der Waals surface area contributed by atoms with Gasteiger partial charge in [-0.2, -0.15) is 0 Å². The third-order valence-corrected chi connectivity index (χ3v) is 4.65. The van der Waals surface area contributed by atoms with Crippen LogP contribution < -0.4 is 5.56 Å². The predicted octanol–water partition coefficient (Wildman–Crippen LogP) is 3.78. The second-order valence-electron chi connectivity index (χ2n) is 6.84. The lowest BCUT2D eigenvalue weighted by Crippen LogP contribution is -2.30. The van der Waals surface area contributed by atoms with Crippen molar-refractivity contribution in [2.75, 3.05) is 0 Å². The molecule has 2 heterocycles. The first-order chi connectivity index (χ1) is 11.8. The van der Waals surface area contributed by atoms with E-state index in [0.29, 0.717) is 10.2 Å². The molecular weight excluding hydrogens is 336 g/mol. The van der Waals surface area contributed by atoms with Crippen molar-refractivity contribution in [1.29, 1.82) is 0 Å². The van der Waals surface area contributed by atoms with Crippen LogP contribution >= 0.6 is 11.3 Å². The van der Waals surface area contributed by atoms with Crippen LogP contribution in [0, 0.1) is 6.92 Å². The van der Waals surface area contributed by atoms with E-state index in [9.17, 15) is 9.59 Å². The molecule has 25 heavy (non-hydrogen) atoms.